The third kappa shape index (κ3) is 5.45. The van der Waals surface area contributed by atoms with Crippen LogP contribution in [0.3, 0.4) is 0 Å². The highest BCUT2D eigenvalue weighted by molar-refractivity contribution is 6.39. The predicted octanol–water partition coefficient (Wildman–Crippen LogP) is 3.01. The standard InChI is InChI=1S/C20H24ClN3O3/c1-13-9-10-18(27-4)16(11-13)23-20(26)19(25)22-12-17(24(2)3)14-7-5-6-8-15(14)21/h5-11,17H,12H2,1-4H3,(H,22,25)(H,23,26)/t17-/m1/s1. The van der Waals surface area contributed by atoms with E-state index in [9.17, 15) is 9.59 Å². The number of nitrogens with one attached hydrogen (secondary N) is 2. The van der Waals surface area contributed by atoms with E-state index in [0.717, 1.165) is 11.1 Å². The van der Waals surface area contributed by atoms with Gasteiger partial charge in [0.05, 0.1) is 18.8 Å². The molecule has 1 atom stereocenters. The van der Waals surface area contributed by atoms with Crippen LogP contribution in [-0.2, 0) is 9.59 Å². The Hall–Kier alpha value is -2.57. The van der Waals surface area contributed by atoms with Gasteiger partial charge in [0, 0.05) is 11.6 Å². The van der Waals surface area contributed by atoms with E-state index >= 15 is 0 Å². The average molecular weight is 390 g/mol. The van der Waals surface area contributed by atoms with Gasteiger partial charge in [-0.1, -0.05) is 35.9 Å². The zero-order valence-electron chi connectivity index (χ0n) is 15.9. The van der Waals surface area contributed by atoms with Gasteiger partial charge in [0.2, 0.25) is 0 Å². The predicted molar refractivity (Wildman–Crippen MR) is 107 cm³/mol. The molecule has 7 heteroatoms. The van der Waals surface area contributed by atoms with Crippen LogP contribution in [0.1, 0.15) is 17.2 Å². The van der Waals surface area contributed by atoms with E-state index in [0.29, 0.717) is 16.5 Å². The van der Waals surface area contributed by atoms with E-state index in [-0.39, 0.29) is 12.6 Å². The molecule has 144 valence electrons. The number of anilines is 1. The molecule has 0 aliphatic carbocycles. The molecule has 0 bridgehead atoms. The van der Waals surface area contributed by atoms with Crippen LogP contribution in [0.5, 0.6) is 5.75 Å². The molecule has 0 aliphatic rings. The molecule has 0 radical (unpaired) electrons. The lowest BCUT2D eigenvalue weighted by Crippen LogP contribution is -2.40. The number of halogens is 1. The molecular weight excluding hydrogens is 366 g/mol. The van der Waals surface area contributed by atoms with Crippen molar-refractivity contribution in [3.63, 3.8) is 0 Å². The molecule has 27 heavy (non-hydrogen) atoms. The second-order valence-electron chi connectivity index (χ2n) is 6.37. The van der Waals surface area contributed by atoms with Crippen LogP contribution in [0.4, 0.5) is 5.69 Å². The Morgan fingerprint density at radius 1 is 1.15 bits per heavy atom. The largest absolute Gasteiger partial charge is 0.495 e. The Morgan fingerprint density at radius 2 is 1.85 bits per heavy atom. The molecular formula is C20H24ClN3O3. The first-order valence-electron chi connectivity index (χ1n) is 8.48. The Bertz CT molecular complexity index is 824. The zero-order chi connectivity index (χ0) is 20.0. The molecule has 0 unspecified atom stereocenters. The fourth-order valence-corrected chi connectivity index (χ4v) is 2.95. The van der Waals surface area contributed by atoms with Gasteiger partial charge in [0.1, 0.15) is 5.75 Å². The number of benzene rings is 2. The van der Waals surface area contributed by atoms with E-state index in [1.807, 2.05) is 50.2 Å². The van der Waals surface area contributed by atoms with Gasteiger partial charge in [-0.2, -0.15) is 0 Å². The molecule has 2 aromatic carbocycles. The van der Waals surface area contributed by atoms with Crippen molar-refractivity contribution >= 4 is 29.1 Å². The van der Waals surface area contributed by atoms with E-state index in [4.69, 9.17) is 16.3 Å². The fraction of sp³-hybridized carbons (Fsp3) is 0.300. The van der Waals surface area contributed by atoms with Gasteiger partial charge < -0.3 is 20.3 Å². The molecule has 0 heterocycles. The fourth-order valence-electron chi connectivity index (χ4n) is 2.68. The summed E-state index contributed by atoms with van der Waals surface area (Å²) in [7, 11) is 5.28. The number of rotatable bonds is 6. The number of carbonyl (C=O) groups is 2. The lowest BCUT2D eigenvalue weighted by Gasteiger charge is -2.25. The van der Waals surface area contributed by atoms with Gasteiger partial charge in [-0.05, 0) is 50.3 Å². The summed E-state index contributed by atoms with van der Waals surface area (Å²) in [5, 5.41) is 5.87. The van der Waals surface area contributed by atoms with Crippen LogP contribution in [-0.4, -0.2) is 44.5 Å². The molecule has 0 aromatic heterocycles. The Balaban J connectivity index is 2.04. The number of hydrogen-bond donors (Lipinski definition) is 2. The van der Waals surface area contributed by atoms with Gasteiger partial charge in [-0.3, -0.25) is 9.59 Å². The summed E-state index contributed by atoms with van der Waals surface area (Å²) in [6, 6.07) is 12.6. The van der Waals surface area contributed by atoms with Crippen LogP contribution in [0.2, 0.25) is 5.02 Å². The third-order valence-corrected chi connectivity index (χ3v) is 4.50. The van der Waals surface area contributed by atoms with Crippen LogP contribution in [0.25, 0.3) is 0 Å². The number of carbonyl (C=O) groups excluding carboxylic acids is 2. The van der Waals surface area contributed by atoms with Crippen LogP contribution >= 0.6 is 11.6 Å². The minimum atomic E-state index is -0.754. The number of nitrogens with zero attached hydrogens (tertiary/aromatic N) is 1. The smallest absolute Gasteiger partial charge is 0.313 e. The van der Waals surface area contributed by atoms with E-state index in [1.54, 1.807) is 18.2 Å². The quantitative estimate of drug-likeness (QED) is 0.745. The van der Waals surface area contributed by atoms with Gasteiger partial charge in [-0.25, -0.2) is 0 Å². The summed E-state index contributed by atoms with van der Waals surface area (Å²) in [6.07, 6.45) is 0. The molecule has 2 aromatic rings. The number of ether oxygens (including phenoxy) is 1. The monoisotopic (exact) mass is 389 g/mol. The average Bonchev–Trinajstić information content (AvgIpc) is 2.63. The molecule has 6 nitrogen and oxygen atoms in total. The second-order valence-corrected chi connectivity index (χ2v) is 6.78. The first kappa shape index (κ1) is 20.7. The highest BCUT2D eigenvalue weighted by atomic mass is 35.5. The van der Waals surface area contributed by atoms with Crippen molar-refractivity contribution in [3.05, 3.63) is 58.6 Å². The molecule has 2 rings (SSSR count). The summed E-state index contributed by atoms with van der Waals surface area (Å²) in [6.45, 7) is 2.13. The Morgan fingerprint density at radius 3 is 2.48 bits per heavy atom. The van der Waals surface area contributed by atoms with E-state index in [1.165, 1.54) is 7.11 Å². The summed E-state index contributed by atoms with van der Waals surface area (Å²) >= 11 is 6.26. The first-order valence-corrected chi connectivity index (χ1v) is 8.86. The maximum atomic E-state index is 12.3. The molecule has 2 amide bonds. The molecule has 0 spiro atoms. The molecule has 0 fully saturated rings. The van der Waals surface area contributed by atoms with E-state index < -0.39 is 11.8 Å². The number of methoxy groups -OCH3 is 1. The normalized spacial score (nSPS) is 11.8. The number of likely N-dealkylation sites (N-methyl/N-ethyl adjacent to an activating group) is 1. The van der Waals surface area contributed by atoms with Gasteiger partial charge in [0.15, 0.2) is 0 Å². The van der Waals surface area contributed by atoms with Crippen molar-refractivity contribution in [2.45, 2.75) is 13.0 Å². The van der Waals surface area contributed by atoms with Crippen LogP contribution in [0, 0.1) is 6.92 Å². The summed E-state index contributed by atoms with van der Waals surface area (Å²) in [5.41, 5.74) is 2.27. The summed E-state index contributed by atoms with van der Waals surface area (Å²) < 4.78 is 5.21. The Labute approximate surface area is 164 Å². The maximum Gasteiger partial charge on any atom is 0.313 e. The third-order valence-electron chi connectivity index (χ3n) is 4.15. The minimum absolute atomic E-state index is 0.163. The van der Waals surface area contributed by atoms with Gasteiger partial charge in [0.25, 0.3) is 0 Å². The Kier molecular flexibility index (Phi) is 7.21. The topological polar surface area (TPSA) is 70.7 Å². The minimum Gasteiger partial charge on any atom is -0.495 e. The van der Waals surface area contributed by atoms with Crippen LogP contribution in [0.15, 0.2) is 42.5 Å². The molecule has 0 aliphatic heterocycles. The maximum absolute atomic E-state index is 12.3. The summed E-state index contributed by atoms with van der Waals surface area (Å²) in [4.78, 5) is 26.5. The van der Waals surface area contributed by atoms with Gasteiger partial charge >= 0.3 is 11.8 Å². The number of aryl methyl sites for hydroxylation is 1. The number of amides is 2. The second kappa shape index (κ2) is 9.39. The highest BCUT2D eigenvalue weighted by Gasteiger charge is 2.21. The van der Waals surface area contributed by atoms with Crippen molar-refractivity contribution in [2.75, 3.05) is 33.1 Å². The van der Waals surface area contributed by atoms with Crippen molar-refractivity contribution < 1.29 is 14.3 Å². The van der Waals surface area contributed by atoms with Gasteiger partial charge in [-0.15, -0.1) is 0 Å². The number of hydrogen-bond acceptors (Lipinski definition) is 4. The lowest BCUT2D eigenvalue weighted by molar-refractivity contribution is -0.136. The van der Waals surface area contributed by atoms with Crippen LogP contribution < -0.4 is 15.4 Å². The van der Waals surface area contributed by atoms with E-state index in [2.05, 4.69) is 10.6 Å². The van der Waals surface area contributed by atoms with Crippen molar-refractivity contribution in [2.24, 2.45) is 0 Å². The summed E-state index contributed by atoms with van der Waals surface area (Å²) in [5.74, 6) is -0.989. The zero-order valence-corrected chi connectivity index (χ0v) is 16.6. The van der Waals surface area contributed by atoms with Crippen molar-refractivity contribution in [1.82, 2.24) is 10.2 Å². The first-order chi connectivity index (χ1) is 12.8. The van der Waals surface area contributed by atoms with Crippen molar-refractivity contribution in [3.8, 4) is 5.75 Å². The molecule has 0 saturated heterocycles. The lowest BCUT2D eigenvalue weighted by atomic mass is 10.1. The van der Waals surface area contributed by atoms with Crippen molar-refractivity contribution in [1.29, 1.82) is 0 Å². The molecule has 2 N–H and O–H groups in total. The highest BCUT2D eigenvalue weighted by Crippen LogP contribution is 2.26. The SMILES string of the molecule is COc1ccc(C)cc1NC(=O)C(=O)NC[C@H](c1ccccc1Cl)N(C)C. The molecule has 0 saturated carbocycles.